The molecule has 0 radical (unpaired) electrons. The molecule has 0 spiro atoms. The van der Waals surface area contributed by atoms with E-state index in [0.29, 0.717) is 6.04 Å². The number of fused-ring (bicyclic) bond motifs is 1. The molecule has 4 heteroatoms. The first-order valence-electron chi connectivity index (χ1n) is 6.11. The summed E-state index contributed by atoms with van der Waals surface area (Å²) in [6.07, 6.45) is 2.44. The molecule has 0 saturated carbocycles. The van der Waals surface area contributed by atoms with Crippen LogP contribution in [0.1, 0.15) is 24.6 Å². The van der Waals surface area contributed by atoms with Crippen LogP contribution in [-0.4, -0.2) is 22.9 Å². The lowest BCUT2D eigenvalue weighted by Crippen LogP contribution is -2.32. The fraction of sp³-hybridized carbons (Fsp3) is 0.462. The summed E-state index contributed by atoms with van der Waals surface area (Å²) in [5.74, 6) is 0. The van der Waals surface area contributed by atoms with E-state index in [2.05, 4.69) is 51.1 Å². The number of nitrogens with one attached hydrogen (secondary N) is 1. The van der Waals surface area contributed by atoms with Gasteiger partial charge in [0.15, 0.2) is 0 Å². The third kappa shape index (κ3) is 1.89. The monoisotopic (exact) mass is 293 g/mol. The first-order chi connectivity index (χ1) is 8.27. The fourth-order valence-electron chi connectivity index (χ4n) is 2.61. The van der Waals surface area contributed by atoms with Crippen LogP contribution < -0.4 is 5.32 Å². The molecule has 1 aromatic heterocycles. The van der Waals surface area contributed by atoms with E-state index in [1.807, 2.05) is 0 Å². The zero-order valence-corrected chi connectivity index (χ0v) is 11.5. The standard InChI is InChI=1S/C13H16BrN3/c1-9-11-5-2-6-12(14)13(11)17(16-9)10-4-3-7-15-8-10/h2,5-6,10,15H,3-4,7-8H2,1H3. The molecule has 3 nitrogen and oxygen atoms in total. The van der Waals surface area contributed by atoms with E-state index in [1.54, 1.807) is 0 Å². The van der Waals surface area contributed by atoms with Gasteiger partial charge in [-0.2, -0.15) is 5.10 Å². The van der Waals surface area contributed by atoms with E-state index in [0.717, 1.165) is 23.3 Å². The Morgan fingerprint density at radius 1 is 1.47 bits per heavy atom. The molecule has 1 aliphatic rings. The second-order valence-electron chi connectivity index (χ2n) is 4.67. The number of benzene rings is 1. The lowest BCUT2D eigenvalue weighted by atomic mass is 10.1. The molecular formula is C13H16BrN3. The van der Waals surface area contributed by atoms with Crippen LogP contribution in [0.3, 0.4) is 0 Å². The molecule has 3 rings (SSSR count). The number of nitrogens with zero attached hydrogens (tertiary/aromatic N) is 2. The van der Waals surface area contributed by atoms with E-state index < -0.39 is 0 Å². The van der Waals surface area contributed by atoms with Gasteiger partial charge in [0.2, 0.25) is 0 Å². The second kappa shape index (κ2) is 4.42. The predicted octanol–water partition coefficient (Wildman–Crippen LogP) is 3.03. The Balaban J connectivity index is 2.15. The maximum Gasteiger partial charge on any atom is 0.0831 e. The van der Waals surface area contributed by atoms with Crippen LogP contribution in [0.2, 0.25) is 0 Å². The quantitative estimate of drug-likeness (QED) is 0.876. The van der Waals surface area contributed by atoms with Crippen molar-refractivity contribution in [2.45, 2.75) is 25.8 Å². The lowest BCUT2D eigenvalue weighted by Gasteiger charge is -2.24. The minimum absolute atomic E-state index is 0.485. The summed E-state index contributed by atoms with van der Waals surface area (Å²) in [6.45, 7) is 4.24. The van der Waals surface area contributed by atoms with E-state index in [-0.39, 0.29) is 0 Å². The molecule has 0 bridgehead atoms. The van der Waals surface area contributed by atoms with Crippen molar-refractivity contribution >= 4 is 26.8 Å². The maximum absolute atomic E-state index is 4.72. The molecule has 0 aliphatic carbocycles. The van der Waals surface area contributed by atoms with Crippen molar-refractivity contribution in [2.24, 2.45) is 0 Å². The summed E-state index contributed by atoms with van der Waals surface area (Å²) in [5, 5.41) is 9.43. The molecule has 1 aromatic carbocycles. The first-order valence-corrected chi connectivity index (χ1v) is 6.91. The maximum atomic E-state index is 4.72. The number of aromatic nitrogens is 2. The van der Waals surface area contributed by atoms with Gasteiger partial charge in [-0.3, -0.25) is 4.68 Å². The van der Waals surface area contributed by atoms with Crippen molar-refractivity contribution in [3.05, 3.63) is 28.4 Å². The summed E-state index contributed by atoms with van der Waals surface area (Å²) in [6, 6.07) is 6.80. The fourth-order valence-corrected chi connectivity index (χ4v) is 3.16. The van der Waals surface area contributed by atoms with Crippen LogP contribution in [0.4, 0.5) is 0 Å². The summed E-state index contributed by atoms with van der Waals surface area (Å²) in [4.78, 5) is 0. The van der Waals surface area contributed by atoms with Crippen molar-refractivity contribution in [1.29, 1.82) is 0 Å². The van der Waals surface area contributed by atoms with E-state index in [4.69, 9.17) is 5.10 Å². The van der Waals surface area contributed by atoms with Gasteiger partial charge in [0.1, 0.15) is 0 Å². The molecule has 0 amide bonds. The highest BCUT2D eigenvalue weighted by Gasteiger charge is 2.20. The molecular weight excluding hydrogens is 278 g/mol. The van der Waals surface area contributed by atoms with Gasteiger partial charge in [-0.25, -0.2) is 0 Å². The highest BCUT2D eigenvalue weighted by Crippen LogP contribution is 2.30. The molecule has 1 unspecified atom stereocenters. The number of hydrogen-bond donors (Lipinski definition) is 1. The largest absolute Gasteiger partial charge is 0.315 e. The summed E-state index contributed by atoms with van der Waals surface area (Å²) in [7, 11) is 0. The molecule has 1 atom stereocenters. The highest BCUT2D eigenvalue weighted by molar-refractivity contribution is 9.10. The number of piperidine rings is 1. The van der Waals surface area contributed by atoms with Gasteiger partial charge in [-0.1, -0.05) is 12.1 Å². The summed E-state index contributed by atoms with van der Waals surface area (Å²) >= 11 is 3.65. The number of rotatable bonds is 1. The van der Waals surface area contributed by atoms with Gasteiger partial charge < -0.3 is 5.32 Å². The van der Waals surface area contributed by atoms with Crippen LogP contribution in [-0.2, 0) is 0 Å². The molecule has 90 valence electrons. The van der Waals surface area contributed by atoms with Crippen molar-refractivity contribution < 1.29 is 0 Å². The predicted molar refractivity (Wildman–Crippen MR) is 73.3 cm³/mol. The van der Waals surface area contributed by atoms with Crippen molar-refractivity contribution in [1.82, 2.24) is 15.1 Å². The van der Waals surface area contributed by atoms with Gasteiger partial charge in [0.05, 0.1) is 17.3 Å². The summed E-state index contributed by atoms with van der Waals surface area (Å²) in [5.41, 5.74) is 2.35. The van der Waals surface area contributed by atoms with Crippen LogP contribution in [0.15, 0.2) is 22.7 Å². The number of aryl methyl sites for hydroxylation is 1. The summed E-state index contributed by atoms with van der Waals surface area (Å²) < 4.78 is 3.34. The molecule has 1 N–H and O–H groups in total. The Kier molecular flexibility index (Phi) is 2.92. The minimum Gasteiger partial charge on any atom is -0.315 e. The molecule has 2 heterocycles. The third-order valence-corrected chi connectivity index (χ3v) is 4.12. The lowest BCUT2D eigenvalue weighted by molar-refractivity contribution is 0.353. The van der Waals surface area contributed by atoms with Crippen LogP contribution in [0.25, 0.3) is 10.9 Å². The van der Waals surface area contributed by atoms with Gasteiger partial charge in [-0.05, 0) is 48.3 Å². The van der Waals surface area contributed by atoms with Gasteiger partial charge in [0.25, 0.3) is 0 Å². The average Bonchev–Trinajstić information content (AvgIpc) is 2.70. The first kappa shape index (κ1) is 11.2. The number of halogens is 1. The average molecular weight is 294 g/mol. The zero-order chi connectivity index (χ0) is 11.8. The topological polar surface area (TPSA) is 29.9 Å². The zero-order valence-electron chi connectivity index (χ0n) is 9.91. The number of hydrogen-bond acceptors (Lipinski definition) is 2. The van der Waals surface area contributed by atoms with Crippen molar-refractivity contribution in [3.63, 3.8) is 0 Å². The smallest absolute Gasteiger partial charge is 0.0831 e. The minimum atomic E-state index is 0.485. The third-order valence-electron chi connectivity index (χ3n) is 3.48. The van der Waals surface area contributed by atoms with Gasteiger partial charge in [0, 0.05) is 16.4 Å². The van der Waals surface area contributed by atoms with Crippen molar-refractivity contribution in [2.75, 3.05) is 13.1 Å². The van der Waals surface area contributed by atoms with Gasteiger partial charge in [-0.15, -0.1) is 0 Å². The Hall–Kier alpha value is -0.870. The Morgan fingerprint density at radius 3 is 3.12 bits per heavy atom. The van der Waals surface area contributed by atoms with Crippen molar-refractivity contribution in [3.8, 4) is 0 Å². The van der Waals surface area contributed by atoms with E-state index in [9.17, 15) is 0 Å². The van der Waals surface area contributed by atoms with E-state index in [1.165, 1.54) is 23.7 Å². The van der Waals surface area contributed by atoms with E-state index >= 15 is 0 Å². The molecule has 2 aromatic rings. The number of para-hydroxylation sites is 1. The Morgan fingerprint density at radius 2 is 2.35 bits per heavy atom. The SMILES string of the molecule is Cc1nn(C2CCCNC2)c2c(Br)cccc12. The Labute approximate surface area is 109 Å². The van der Waals surface area contributed by atoms with Crippen LogP contribution in [0.5, 0.6) is 0 Å². The van der Waals surface area contributed by atoms with Crippen LogP contribution >= 0.6 is 15.9 Å². The normalized spacial score (nSPS) is 20.9. The van der Waals surface area contributed by atoms with Crippen LogP contribution in [0, 0.1) is 6.92 Å². The molecule has 1 aliphatic heterocycles. The second-order valence-corrected chi connectivity index (χ2v) is 5.52. The molecule has 1 saturated heterocycles. The highest BCUT2D eigenvalue weighted by atomic mass is 79.9. The van der Waals surface area contributed by atoms with Gasteiger partial charge >= 0.3 is 0 Å². The molecule has 1 fully saturated rings. The Bertz CT molecular complexity index is 541. The molecule has 17 heavy (non-hydrogen) atoms.